The number of nitrogens with one attached hydrogen (secondary N) is 1. The van der Waals surface area contributed by atoms with E-state index in [1.807, 2.05) is 18.2 Å². The first kappa shape index (κ1) is 16.2. The Morgan fingerprint density at radius 3 is 2.76 bits per heavy atom. The average molecular weight is 310 g/mol. The largest absolute Gasteiger partial charge is 0.482 e. The maximum atomic E-state index is 11.4. The van der Waals surface area contributed by atoms with Crippen LogP contribution in [-0.2, 0) is 4.79 Å². The van der Waals surface area contributed by atoms with Crippen molar-refractivity contribution in [3.05, 3.63) is 23.8 Å². The molecule has 2 atom stereocenters. The molecule has 1 aromatic rings. The minimum Gasteiger partial charge on any atom is -0.482 e. The molecule has 0 radical (unpaired) electrons. The zero-order valence-corrected chi connectivity index (χ0v) is 14.0. The molecular formula is C17H24ClNO2. The molecule has 4 heteroatoms. The minimum atomic E-state index is -0.119. The molecule has 0 fully saturated rings. The summed E-state index contributed by atoms with van der Waals surface area (Å²) in [6.07, 6.45) is 2.06. The number of fused-ring (bicyclic) bond motifs is 1. The molecule has 116 valence electrons. The topological polar surface area (TPSA) is 38.3 Å². The molecule has 2 rings (SSSR count). The van der Waals surface area contributed by atoms with Gasteiger partial charge in [0.25, 0.3) is 5.91 Å². The lowest BCUT2D eigenvalue weighted by Crippen LogP contribution is -2.25. The van der Waals surface area contributed by atoms with Gasteiger partial charge in [-0.1, -0.05) is 33.8 Å². The maximum absolute atomic E-state index is 11.4. The van der Waals surface area contributed by atoms with Crippen LogP contribution in [0.1, 0.15) is 51.5 Å². The summed E-state index contributed by atoms with van der Waals surface area (Å²) in [5, 5.41) is 2.77. The molecule has 3 nitrogen and oxygen atoms in total. The van der Waals surface area contributed by atoms with Gasteiger partial charge in [-0.15, -0.1) is 11.6 Å². The number of rotatable bonds is 4. The summed E-state index contributed by atoms with van der Waals surface area (Å²) >= 11 is 6.56. The first-order valence-corrected chi connectivity index (χ1v) is 7.89. The van der Waals surface area contributed by atoms with Crippen LogP contribution in [0.15, 0.2) is 18.2 Å². The molecule has 21 heavy (non-hydrogen) atoms. The van der Waals surface area contributed by atoms with E-state index in [0.29, 0.717) is 17.1 Å². The van der Waals surface area contributed by atoms with E-state index in [-0.39, 0.29) is 17.9 Å². The molecule has 0 aliphatic carbocycles. The van der Waals surface area contributed by atoms with Crippen molar-refractivity contribution in [3.8, 4) is 5.75 Å². The van der Waals surface area contributed by atoms with Crippen LogP contribution in [-0.4, -0.2) is 12.5 Å². The Morgan fingerprint density at radius 2 is 2.10 bits per heavy atom. The Bertz CT molecular complexity index is 522. The normalized spacial score (nSPS) is 17.5. The van der Waals surface area contributed by atoms with E-state index in [2.05, 4.69) is 33.0 Å². The Hall–Kier alpha value is -1.22. The SMILES string of the molecule is CC(CC(Cl)c1ccc2c(c1)NC(=O)CO2)CC(C)(C)C. The van der Waals surface area contributed by atoms with Crippen LogP contribution in [0.3, 0.4) is 0 Å². The van der Waals surface area contributed by atoms with Gasteiger partial charge in [0, 0.05) is 0 Å². The van der Waals surface area contributed by atoms with Crippen molar-refractivity contribution in [3.63, 3.8) is 0 Å². The molecule has 1 heterocycles. The lowest BCUT2D eigenvalue weighted by atomic mass is 9.83. The van der Waals surface area contributed by atoms with Crippen LogP contribution in [0.5, 0.6) is 5.75 Å². The third-order valence-corrected chi connectivity index (χ3v) is 4.00. The molecular weight excluding hydrogens is 286 g/mol. The van der Waals surface area contributed by atoms with E-state index < -0.39 is 0 Å². The molecule has 2 unspecified atom stereocenters. The van der Waals surface area contributed by atoms with Crippen molar-refractivity contribution in [1.82, 2.24) is 0 Å². The predicted octanol–water partition coefficient (Wildman–Crippen LogP) is 4.76. The number of alkyl halides is 1. The third kappa shape index (κ3) is 4.63. The van der Waals surface area contributed by atoms with Gasteiger partial charge in [0.05, 0.1) is 11.1 Å². The summed E-state index contributed by atoms with van der Waals surface area (Å²) < 4.78 is 5.36. The zero-order valence-electron chi connectivity index (χ0n) is 13.2. The smallest absolute Gasteiger partial charge is 0.262 e. The molecule has 1 amide bonds. The summed E-state index contributed by atoms with van der Waals surface area (Å²) in [5.74, 6) is 1.14. The highest BCUT2D eigenvalue weighted by atomic mass is 35.5. The second-order valence-electron chi connectivity index (χ2n) is 7.17. The molecule has 1 N–H and O–H groups in total. The number of hydrogen-bond donors (Lipinski definition) is 1. The van der Waals surface area contributed by atoms with E-state index in [9.17, 15) is 4.79 Å². The minimum absolute atomic E-state index is 0.0496. The van der Waals surface area contributed by atoms with E-state index >= 15 is 0 Å². The first-order valence-electron chi connectivity index (χ1n) is 7.45. The summed E-state index contributed by atoms with van der Waals surface area (Å²) in [5.41, 5.74) is 2.06. The molecule has 1 aromatic carbocycles. The third-order valence-electron chi connectivity index (χ3n) is 3.57. The number of benzene rings is 1. The summed E-state index contributed by atoms with van der Waals surface area (Å²) in [6, 6.07) is 5.79. The molecule has 0 bridgehead atoms. The van der Waals surface area contributed by atoms with E-state index in [4.69, 9.17) is 16.3 Å². The molecule has 0 saturated heterocycles. The van der Waals surface area contributed by atoms with Crippen molar-refractivity contribution in [2.45, 2.75) is 45.9 Å². The number of anilines is 1. The summed E-state index contributed by atoms with van der Waals surface area (Å²) in [6.45, 7) is 9.07. The number of carbonyl (C=O) groups is 1. The predicted molar refractivity (Wildman–Crippen MR) is 87.0 cm³/mol. The van der Waals surface area contributed by atoms with Crippen molar-refractivity contribution in [2.75, 3.05) is 11.9 Å². The highest BCUT2D eigenvalue weighted by Gasteiger charge is 2.21. The quantitative estimate of drug-likeness (QED) is 0.814. The Kier molecular flexibility index (Phi) is 4.82. The van der Waals surface area contributed by atoms with E-state index in [1.165, 1.54) is 0 Å². The molecule has 0 spiro atoms. The number of hydrogen-bond acceptors (Lipinski definition) is 2. The average Bonchev–Trinajstić information content (AvgIpc) is 2.35. The highest BCUT2D eigenvalue weighted by molar-refractivity contribution is 6.20. The zero-order chi connectivity index (χ0) is 15.6. The summed E-state index contributed by atoms with van der Waals surface area (Å²) in [4.78, 5) is 11.4. The number of halogens is 1. The van der Waals surface area contributed by atoms with Crippen molar-refractivity contribution in [1.29, 1.82) is 0 Å². The first-order chi connectivity index (χ1) is 9.74. The molecule has 1 aliphatic rings. The lowest BCUT2D eigenvalue weighted by Gasteiger charge is -2.25. The molecule has 0 saturated carbocycles. The number of ether oxygens (including phenoxy) is 1. The van der Waals surface area contributed by atoms with Gasteiger partial charge in [0.15, 0.2) is 6.61 Å². The summed E-state index contributed by atoms with van der Waals surface area (Å²) in [7, 11) is 0. The number of amides is 1. The van der Waals surface area contributed by atoms with Crippen LogP contribution < -0.4 is 10.1 Å². The fraction of sp³-hybridized carbons (Fsp3) is 0.588. The van der Waals surface area contributed by atoms with Crippen LogP contribution in [0.25, 0.3) is 0 Å². The van der Waals surface area contributed by atoms with Crippen molar-refractivity contribution < 1.29 is 9.53 Å². The van der Waals surface area contributed by atoms with Crippen LogP contribution in [0.4, 0.5) is 5.69 Å². The fourth-order valence-corrected chi connectivity index (χ4v) is 3.35. The monoisotopic (exact) mass is 309 g/mol. The van der Waals surface area contributed by atoms with Crippen molar-refractivity contribution in [2.24, 2.45) is 11.3 Å². The van der Waals surface area contributed by atoms with Crippen LogP contribution in [0, 0.1) is 11.3 Å². The second-order valence-corrected chi connectivity index (χ2v) is 7.69. The van der Waals surface area contributed by atoms with Gasteiger partial charge in [0.1, 0.15) is 5.75 Å². The lowest BCUT2D eigenvalue weighted by molar-refractivity contribution is -0.118. The van der Waals surface area contributed by atoms with E-state index in [0.717, 1.165) is 24.1 Å². The standard InChI is InChI=1S/C17H24ClNO2/c1-11(9-17(2,3)4)7-13(18)12-5-6-15-14(8-12)19-16(20)10-21-15/h5-6,8,11,13H,7,9-10H2,1-4H3,(H,19,20). The van der Waals surface area contributed by atoms with Gasteiger partial charge in [-0.2, -0.15) is 0 Å². The fourth-order valence-electron chi connectivity index (χ4n) is 2.91. The van der Waals surface area contributed by atoms with Gasteiger partial charge in [-0.25, -0.2) is 0 Å². The highest BCUT2D eigenvalue weighted by Crippen LogP contribution is 2.37. The van der Waals surface area contributed by atoms with Gasteiger partial charge in [-0.3, -0.25) is 4.79 Å². The van der Waals surface area contributed by atoms with Gasteiger partial charge in [0.2, 0.25) is 0 Å². The Labute approximate surface area is 132 Å². The Balaban J connectivity index is 2.04. The van der Waals surface area contributed by atoms with Gasteiger partial charge in [-0.05, 0) is 41.9 Å². The molecule has 1 aliphatic heterocycles. The van der Waals surface area contributed by atoms with Crippen LogP contribution >= 0.6 is 11.6 Å². The van der Waals surface area contributed by atoms with Crippen molar-refractivity contribution >= 4 is 23.2 Å². The number of carbonyl (C=O) groups excluding carboxylic acids is 1. The molecule has 0 aromatic heterocycles. The van der Waals surface area contributed by atoms with Gasteiger partial charge < -0.3 is 10.1 Å². The maximum Gasteiger partial charge on any atom is 0.262 e. The second kappa shape index (κ2) is 6.27. The van der Waals surface area contributed by atoms with Crippen LogP contribution in [0.2, 0.25) is 0 Å². The Morgan fingerprint density at radius 1 is 1.38 bits per heavy atom. The van der Waals surface area contributed by atoms with E-state index in [1.54, 1.807) is 0 Å². The van der Waals surface area contributed by atoms with Gasteiger partial charge >= 0.3 is 0 Å².